The van der Waals surface area contributed by atoms with Crippen LogP contribution in [0.15, 0.2) is 48.5 Å². The Hall–Kier alpha value is -2.40. The molecule has 2 aromatic carbocycles. The van der Waals surface area contributed by atoms with Crippen molar-refractivity contribution < 1.29 is 14.3 Å². The fourth-order valence-electron chi connectivity index (χ4n) is 2.52. The van der Waals surface area contributed by atoms with Gasteiger partial charge in [-0.3, -0.25) is 0 Å². The van der Waals surface area contributed by atoms with Crippen LogP contribution in [-0.2, 0) is 22.6 Å². The van der Waals surface area contributed by atoms with Gasteiger partial charge < -0.3 is 9.47 Å². The topological polar surface area (TPSA) is 48.4 Å². The van der Waals surface area contributed by atoms with Gasteiger partial charge in [-0.25, -0.2) is 9.78 Å². The largest absolute Gasteiger partial charge is 0.478 e. The second-order valence-electron chi connectivity index (χ2n) is 5.10. The number of carbonyl (C=O) groups is 1. The van der Waals surface area contributed by atoms with Crippen molar-refractivity contribution in [2.75, 3.05) is 0 Å². The molecule has 0 saturated heterocycles. The van der Waals surface area contributed by atoms with Gasteiger partial charge in [-0.05, 0) is 23.8 Å². The molecule has 5 heteroatoms. The first kappa shape index (κ1) is 13.3. The van der Waals surface area contributed by atoms with Gasteiger partial charge in [-0.15, -0.1) is 11.3 Å². The highest BCUT2D eigenvalue weighted by molar-refractivity contribution is 7.18. The van der Waals surface area contributed by atoms with Crippen LogP contribution in [0.1, 0.15) is 10.6 Å². The predicted molar refractivity (Wildman–Crippen MR) is 84.0 cm³/mol. The van der Waals surface area contributed by atoms with Crippen molar-refractivity contribution in [2.24, 2.45) is 0 Å². The van der Waals surface area contributed by atoms with E-state index in [-0.39, 0.29) is 12.6 Å². The number of hydrogen-bond donors (Lipinski definition) is 0. The van der Waals surface area contributed by atoms with Gasteiger partial charge in [0.05, 0.1) is 10.2 Å². The summed E-state index contributed by atoms with van der Waals surface area (Å²) < 4.78 is 12.1. The molecule has 22 heavy (non-hydrogen) atoms. The minimum absolute atomic E-state index is 0.189. The number of carbonyl (C=O) groups excluding carboxylic acids is 1. The summed E-state index contributed by atoms with van der Waals surface area (Å²) in [6, 6.07) is 15.6. The summed E-state index contributed by atoms with van der Waals surface area (Å²) in [4.78, 5) is 16.6. The lowest BCUT2D eigenvalue weighted by Gasteiger charge is -2.09. The molecule has 1 aromatic heterocycles. The van der Waals surface area contributed by atoms with Crippen LogP contribution in [0.2, 0.25) is 0 Å². The molecule has 1 aliphatic rings. The Morgan fingerprint density at radius 1 is 1.23 bits per heavy atom. The molecule has 0 fully saturated rings. The quantitative estimate of drug-likeness (QED) is 0.696. The summed E-state index contributed by atoms with van der Waals surface area (Å²) in [5.41, 5.74) is 1.98. The third-order valence-corrected chi connectivity index (χ3v) is 4.60. The summed E-state index contributed by atoms with van der Waals surface area (Å²) in [6.45, 7) is 0.189. The van der Waals surface area contributed by atoms with Crippen molar-refractivity contribution >= 4 is 27.5 Å². The van der Waals surface area contributed by atoms with Crippen LogP contribution in [0.5, 0.6) is 5.75 Å². The lowest BCUT2D eigenvalue weighted by molar-refractivity contribution is -0.152. The van der Waals surface area contributed by atoms with Crippen molar-refractivity contribution in [1.82, 2.24) is 4.98 Å². The van der Waals surface area contributed by atoms with Gasteiger partial charge in [0.25, 0.3) is 0 Å². The first-order chi connectivity index (χ1) is 10.8. The van der Waals surface area contributed by atoms with Gasteiger partial charge in [-0.2, -0.15) is 0 Å². The maximum Gasteiger partial charge on any atom is 0.348 e. The summed E-state index contributed by atoms with van der Waals surface area (Å²) in [7, 11) is 0. The van der Waals surface area contributed by atoms with Gasteiger partial charge in [-0.1, -0.05) is 30.3 Å². The van der Waals surface area contributed by atoms with E-state index in [0.29, 0.717) is 6.42 Å². The highest BCUT2D eigenvalue weighted by Gasteiger charge is 2.30. The molecule has 0 radical (unpaired) electrons. The maximum absolute atomic E-state index is 12.1. The average Bonchev–Trinajstić information content (AvgIpc) is 3.15. The van der Waals surface area contributed by atoms with E-state index in [2.05, 4.69) is 4.98 Å². The molecular formula is C17H13NO3S. The second-order valence-corrected chi connectivity index (χ2v) is 6.22. The molecule has 110 valence electrons. The van der Waals surface area contributed by atoms with Crippen LogP contribution in [-0.4, -0.2) is 17.1 Å². The van der Waals surface area contributed by atoms with Crippen molar-refractivity contribution in [1.29, 1.82) is 0 Å². The number of rotatable bonds is 3. The Morgan fingerprint density at radius 3 is 2.91 bits per heavy atom. The SMILES string of the molecule is O=C(OCc1nc2ccccc2s1)C1Cc2ccccc2O1. The zero-order chi connectivity index (χ0) is 14.9. The lowest BCUT2D eigenvalue weighted by atomic mass is 10.1. The third-order valence-electron chi connectivity index (χ3n) is 3.59. The van der Waals surface area contributed by atoms with Crippen molar-refractivity contribution in [3.63, 3.8) is 0 Å². The zero-order valence-corrected chi connectivity index (χ0v) is 12.5. The maximum atomic E-state index is 12.1. The standard InChI is InChI=1S/C17H13NO3S/c19-17(14-9-11-5-1-3-7-13(11)21-14)20-10-16-18-12-6-2-4-8-15(12)22-16/h1-8,14H,9-10H2. The molecule has 3 aromatic rings. The minimum atomic E-state index is -0.549. The van der Waals surface area contributed by atoms with Crippen LogP contribution in [0.25, 0.3) is 10.2 Å². The number of hydrogen-bond acceptors (Lipinski definition) is 5. The fraction of sp³-hybridized carbons (Fsp3) is 0.176. The summed E-state index contributed by atoms with van der Waals surface area (Å²) in [6.07, 6.45) is 0.0151. The first-order valence-electron chi connectivity index (χ1n) is 7.05. The third kappa shape index (κ3) is 2.44. The van der Waals surface area contributed by atoms with E-state index in [1.54, 1.807) is 0 Å². The monoisotopic (exact) mass is 311 g/mol. The van der Waals surface area contributed by atoms with E-state index in [1.807, 2.05) is 48.5 Å². The second kappa shape index (κ2) is 5.42. The van der Waals surface area contributed by atoms with E-state index in [9.17, 15) is 4.79 Å². The smallest absolute Gasteiger partial charge is 0.348 e. The van der Waals surface area contributed by atoms with Crippen LogP contribution in [0, 0.1) is 0 Å². The number of benzene rings is 2. The molecule has 0 saturated carbocycles. The van der Waals surface area contributed by atoms with E-state index >= 15 is 0 Å². The lowest BCUT2D eigenvalue weighted by Crippen LogP contribution is -2.27. The van der Waals surface area contributed by atoms with Crippen LogP contribution in [0.3, 0.4) is 0 Å². The van der Waals surface area contributed by atoms with E-state index < -0.39 is 6.10 Å². The molecule has 0 aliphatic carbocycles. The number of thiazole rings is 1. The van der Waals surface area contributed by atoms with Gasteiger partial charge in [0.1, 0.15) is 17.4 Å². The highest BCUT2D eigenvalue weighted by atomic mass is 32.1. The van der Waals surface area contributed by atoms with E-state index in [0.717, 1.165) is 26.5 Å². The summed E-state index contributed by atoms with van der Waals surface area (Å²) in [5.74, 6) is 0.430. The van der Waals surface area contributed by atoms with Crippen LogP contribution >= 0.6 is 11.3 Å². The van der Waals surface area contributed by atoms with E-state index in [1.165, 1.54) is 11.3 Å². The molecule has 0 N–H and O–H groups in total. The first-order valence-corrected chi connectivity index (χ1v) is 7.87. The van der Waals surface area contributed by atoms with Gasteiger partial charge in [0.2, 0.25) is 0 Å². The highest BCUT2D eigenvalue weighted by Crippen LogP contribution is 2.29. The molecule has 0 spiro atoms. The predicted octanol–water partition coefficient (Wildman–Crippen LogP) is 3.34. The number of nitrogens with zero attached hydrogens (tertiary/aromatic N) is 1. The fourth-order valence-corrected chi connectivity index (χ4v) is 3.40. The van der Waals surface area contributed by atoms with E-state index in [4.69, 9.17) is 9.47 Å². The molecular weight excluding hydrogens is 298 g/mol. The number of esters is 1. The molecule has 1 aliphatic heterocycles. The molecule has 4 rings (SSSR count). The Bertz CT molecular complexity index is 785. The summed E-state index contributed by atoms with van der Waals surface area (Å²) in [5, 5.41) is 0.796. The van der Waals surface area contributed by atoms with Crippen LogP contribution < -0.4 is 4.74 Å². The summed E-state index contributed by atoms with van der Waals surface area (Å²) >= 11 is 1.54. The number of ether oxygens (including phenoxy) is 2. The Labute approximate surface area is 131 Å². The zero-order valence-electron chi connectivity index (χ0n) is 11.7. The normalized spacial score (nSPS) is 16.3. The van der Waals surface area contributed by atoms with Gasteiger partial charge in [0, 0.05) is 6.42 Å². The molecule has 1 atom stereocenters. The average molecular weight is 311 g/mol. The van der Waals surface area contributed by atoms with Crippen molar-refractivity contribution in [2.45, 2.75) is 19.1 Å². The number of aromatic nitrogens is 1. The molecule has 4 nitrogen and oxygen atoms in total. The number of para-hydroxylation sites is 2. The number of fused-ring (bicyclic) bond motifs is 2. The molecule has 2 heterocycles. The molecule has 1 unspecified atom stereocenters. The Morgan fingerprint density at radius 2 is 2.05 bits per heavy atom. The molecule has 0 bridgehead atoms. The minimum Gasteiger partial charge on any atom is -0.478 e. The Kier molecular flexibility index (Phi) is 3.27. The van der Waals surface area contributed by atoms with Crippen LogP contribution in [0.4, 0.5) is 0 Å². The van der Waals surface area contributed by atoms with Crippen molar-refractivity contribution in [3.8, 4) is 5.75 Å². The Balaban J connectivity index is 1.41. The van der Waals surface area contributed by atoms with Gasteiger partial charge in [0.15, 0.2) is 6.10 Å². The van der Waals surface area contributed by atoms with Gasteiger partial charge >= 0.3 is 5.97 Å². The van der Waals surface area contributed by atoms with Crippen molar-refractivity contribution in [3.05, 3.63) is 59.1 Å². The molecule has 0 amide bonds.